The van der Waals surface area contributed by atoms with Crippen molar-refractivity contribution in [3.05, 3.63) is 24.3 Å². The topological polar surface area (TPSA) is 55.3 Å². The van der Waals surface area contributed by atoms with E-state index < -0.39 is 0 Å². The van der Waals surface area contributed by atoms with Crippen LogP contribution < -0.4 is 0 Å². The number of nitrogens with zero attached hydrogens (tertiary/aromatic N) is 3. The van der Waals surface area contributed by atoms with Gasteiger partial charge in [0.15, 0.2) is 5.76 Å². The van der Waals surface area contributed by atoms with Crippen molar-refractivity contribution < 1.29 is 8.83 Å². The van der Waals surface area contributed by atoms with E-state index in [2.05, 4.69) is 21.4 Å². The summed E-state index contributed by atoms with van der Waals surface area (Å²) in [5.74, 6) is 1.74. The summed E-state index contributed by atoms with van der Waals surface area (Å²) >= 11 is 1.97. The van der Waals surface area contributed by atoms with Crippen LogP contribution in [-0.2, 0) is 6.54 Å². The summed E-state index contributed by atoms with van der Waals surface area (Å²) in [6.07, 6.45) is 6.26. The molecule has 1 fully saturated rings. The minimum absolute atomic E-state index is 0.457. The Bertz CT molecular complexity index is 504. The Labute approximate surface area is 116 Å². The largest absolute Gasteiger partial charge is 0.459 e. The Kier molecular flexibility index (Phi) is 3.89. The van der Waals surface area contributed by atoms with E-state index in [0.717, 1.165) is 24.9 Å². The molecule has 0 amide bonds. The van der Waals surface area contributed by atoms with Crippen LogP contribution in [0.3, 0.4) is 0 Å². The van der Waals surface area contributed by atoms with Crippen LogP contribution in [0.4, 0.5) is 0 Å². The molecule has 0 bridgehead atoms. The highest BCUT2D eigenvalue weighted by atomic mass is 32.2. The van der Waals surface area contributed by atoms with E-state index in [4.69, 9.17) is 8.83 Å². The van der Waals surface area contributed by atoms with Gasteiger partial charge in [0.25, 0.3) is 5.89 Å². The summed E-state index contributed by atoms with van der Waals surface area (Å²) in [6, 6.07) is 3.63. The molecule has 102 valence electrons. The molecule has 0 N–H and O–H groups in total. The van der Waals surface area contributed by atoms with E-state index in [1.54, 1.807) is 6.26 Å². The quantitative estimate of drug-likeness (QED) is 0.857. The third kappa shape index (κ3) is 3.01. The second-order valence-corrected chi connectivity index (χ2v) is 5.83. The number of furan rings is 1. The normalized spacial score (nSPS) is 17.9. The number of likely N-dealkylation sites (tertiary alicyclic amines) is 1. The fourth-order valence-electron chi connectivity index (χ4n) is 2.31. The van der Waals surface area contributed by atoms with Gasteiger partial charge in [-0.2, -0.15) is 11.8 Å². The fourth-order valence-corrected chi connectivity index (χ4v) is 2.99. The number of hydrogen-bond donors (Lipinski definition) is 0. The summed E-state index contributed by atoms with van der Waals surface area (Å²) in [4.78, 5) is 2.37. The Morgan fingerprint density at radius 1 is 1.37 bits per heavy atom. The number of hydrogen-bond acceptors (Lipinski definition) is 6. The molecule has 2 aromatic rings. The Morgan fingerprint density at radius 3 is 2.89 bits per heavy atom. The average molecular weight is 279 g/mol. The minimum Gasteiger partial charge on any atom is -0.459 e. The van der Waals surface area contributed by atoms with Crippen molar-refractivity contribution in [2.24, 2.45) is 0 Å². The predicted molar refractivity (Wildman–Crippen MR) is 73.8 cm³/mol. The van der Waals surface area contributed by atoms with Crippen molar-refractivity contribution in [2.45, 2.75) is 24.6 Å². The first-order chi connectivity index (χ1) is 9.35. The number of rotatable bonds is 4. The molecule has 0 aromatic carbocycles. The maximum absolute atomic E-state index is 5.62. The lowest BCUT2D eigenvalue weighted by atomic mass is 10.1. The summed E-state index contributed by atoms with van der Waals surface area (Å²) in [6.45, 7) is 2.93. The van der Waals surface area contributed by atoms with Gasteiger partial charge in [0.05, 0.1) is 12.8 Å². The summed E-state index contributed by atoms with van der Waals surface area (Å²) in [7, 11) is 0. The van der Waals surface area contributed by atoms with Crippen LogP contribution in [0.25, 0.3) is 11.7 Å². The van der Waals surface area contributed by atoms with Crippen LogP contribution in [0, 0.1) is 0 Å². The molecule has 1 aliphatic heterocycles. The molecule has 2 aromatic heterocycles. The molecule has 0 aliphatic carbocycles. The van der Waals surface area contributed by atoms with Gasteiger partial charge in [-0.1, -0.05) is 0 Å². The average Bonchev–Trinajstić information content (AvgIpc) is 3.10. The van der Waals surface area contributed by atoms with Crippen molar-refractivity contribution in [3.8, 4) is 11.7 Å². The first-order valence-electron chi connectivity index (χ1n) is 6.46. The van der Waals surface area contributed by atoms with Crippen LogP contribution in [0.1, 0.15) is 18.7 Å². The summed E-state index contributed by atoms with van der Waals surface area (Å²) in [5.41, 5.74) is 0. The van der Waals surface area contributed by atoms with E-state index in [-0.39, 0.29) is 0 Å². The Hall–Kier alpha value is -1.27. The molecular formula is C13H17N3O2S. The van der Waals surface area contributed by atoms with Crippen LogP contribution in [0.2, 0.25) is 0 Å². The summed E-state index contributed by atoms with van der Waals surface area (Å²) < 4.78 is 10.9. The van der Waals surface area contributed by atoms with Crippen LogP contribution in [-0.4, -0.2) is 39.7 Å². The van der Waals surface area contributed by atoms with E-state index in [1.165, 1.54) is 12.8 Å². The zero-order chi connectivity index (χ0) is 13.1. The molecule has 0 spiro atoms. The van der Waals surface area contributed by atoms with Gasteiger partial charge in [0.2, 0.25) is 5.89 Å². The van der Waals surface area contributed by atoms with Gasteiger partial charge in [0, 0.05) is 5.25 Å². The lowest BCUT2D eigenvalue weighted by molar-refractivity contribution is 0.205. The minimum atomic E-state index is 0.457. The van der Waals surface area contributed by atoms with Crippen LogP contribution >= 0.6 is 11.8 Å². The zero-order valence-electron chi connectivity index (χ0n) is 10.9. The third-order valence-corrected chi connectivity index (χ3v) is 4.56. The Balaban J connectivity index is 1.59. The highest BCUT2D eigenvalue weighted by Crippen LogP contribution is 2.23. The molecule has 1 saturated heterocycles. The molecule has 6 heteroatoms. The molecule has 0 saturated carbocycles. The SMILES string of the molecule is CSC1CCN(Cc2nnc(-c3ccco3)o2)CC1. The highest BCUT2D eigenvalue weighted by Gasteiger charge is 2.20. The van der Waals surface area contributed by atoms with Gasteiger partial charge in [-0.3, -0.25) is 4.90 Å². The maximum atomic E-state index is 5.62. The molecule has 0 atom stereocenters. The second-order valence-electron chi connectivity index (χ2n) is 4.69. The maximum Gasteiger partial charge on any atom is 0.283 e. The molecule has 5 nitrogen and oxygen atoms in total. The van der Waals surface area contributed by atoms with Crippen molar-refractivity contribution in [3.63, 3.8) is 0 Å². The van der Waals surface area contributed by atoms with Crippen LogP contribution in [0.15, 0.2) is 27.2 Å². The number of piperidine rings is 1. The molecular weight excluding hydrogens is 262 g/mol. The standard InChI is InChI=1S/C13H17N3O2S/c1-19-10-4-6-16(7-5-10)9-12-14-15-13(18-12)11-3-2-8-17-11/h2-3,8,10H,4-7,9H2,1H3. The van der Waals surface area contributed by atoms with Crippen molar-refractivity contribution in [1.29, 1.82) is 0 Å². The van der Waals surface area contributed by atoms with E-state index in [1.807, 2.05) is 23.9 Å². The van der Waals surface area contributed by atoms with E-state index in [0.29, 0.717) is 17.5 Å². The van der Waals surface area contributed by atoms with Gasteiger partial charge >= 0.3 is 0 Å². The van der Waals surface area contributed by atoms with E-state index in [9.17, 15) is 0 Å². The molecule has 3 rings (SSSR count). The predicted octanol–water partition coefficient (Wildman–Crippen LogP) is 2.66. The first-order valence-corrected chi connectivity index (χ1v) is 7.75. The van der Waals surface area contributed by atoms with Crippen molar-refractivity contribution in [1.82, 2.24) is 15.1 Å². The molecule has 19 heavy (non-hydrogen) atoms. The lowest BCUT2D eigenvalue weighted by Crippen LogP contribution is -2.34. The van der Waals surface area contributed by atoms with E-state index >= 15 is 0 Å². The molecule has 1 aliphatic rings. The van der Waals surface area contributed by atoms with Gasteiger partial charge in [-0.25, -0.2) is 0 Å². The van der Waals surface area contributed by atoms with Crippen LogP contribution in [0.5, 0.6) is 0 Å². The van der Waals surface area contributed by atoms with Gasteiger partial charge in [-0.15, -0.1) is 10.2 Å². The van der Waals surface area contributed by atoms with Crippen molar-refractivity contribution >= 4 is 11.8 Å². The third-order valence-electron chi connectivity index (χ3n) is 3.43. The summed E-state index contributed by atoms with van der Waals surface area (Å²) in [5, 5.41) is 8.90. The zero-order valence-corrected chi connectivity index (χ0v) is 11.7. The number of thioether (sulfide) groups is 1. The fraction of sp³-hybridized carbons (Fsp3) is 0.538. The molecule has 0 unspecified atom stereocenters. The van der Waals surface area contributed by atoms with Gasteiger partial charge < -0.3 is 8.83 Å². The Morgan fingerprint density at radius 2 is 2.21 bits per heavy atom. The van der Waals surface area contributed by atoms with Gasteiger partial charge in [-0.05, 0) is 44.3 Å². The number of aromatic nitrogens is 2. The molecule has 3 heterocycles. The monoisotopic (exact) mass is 279 g/mol. The lowest BCUT2D eigenvalue weighted by Gasteiger charge is -2.29. The highest BCUT2D eigenvalue weighted by molar-refractivity contribution is 7.99. The molecule has 0 radical (unpaired) electrons. The van der Waals surface area contributed by atoms with Gasteiger partial charge in [0.1, 0.15) is 0 Å². The first kappa shape index (κ1) is 12.7. The smallest absolute Gasteiger partial charge is 0.283 e. The second kappa shape index (κ2) is 5.79. The van der Waals surface area contributed by atoms with Crippen molar-refractivity contribution in [2.75, 3.05) is 19.3 Å².